The van der Waals surface area contributed by atoms with Crippen LogP contribution in [-0.2, 0) is 16.0 Å². The van der Waals surface area contributed by atoms with Gasteiger partial charge in [-0.3, -0.25) is 9.59 Å². The number of thiophene rings is 1. The molecule has 1 saturated heterocycles. The lowest BCUT2D eigenvalue weighted by Crippen LogP contribution is -2.55. The zero-order valence-electron chi connectivity index (χ0n) is 20.3. The van der Waals surface area contributed by atoms with Crippen LogP contribution in [0, 0.1) is 0 Å². The van der Waals surface area contributed by atoms with Crippen molar-refractivity contribution in [3.8, 4) is 0 Å². The summed E-state index contributed by atoms with van der Waals surface area (Å²) in [7, 11) is 0. The Balaban J connectivity index is 1.20. The van der Waals surface area contributed by atoms with E-state index >= 15 is 0 Å². The van der Waals surface area contributed by atoms with Crippen LogP contribution >= 0.6 is 22.9 Å². The predicted molar refractivity (Wildman–Crippen MR) is 149 cm³/mol. The molecule has 0 saturated carbocycles. The Morgan fingerprint density at radius 2 is 1.62 bits per heavy atom. The van der Waals surface area contributed by atoms with Gasteiger partial charge < -0.3 is 25.3 Å². The molecule has 194 valence electrons. The molecule has 3 N–H and O–H groups in total. The summed E-state index contributed by atoms with van der Waals surface area (Å²) in [5, 5.41) is 26.0. The second-order valence-electron chi connectivity index (χ2n) is 8.78. The Morgan fingerprint density at radius 3 is 2.35 bits per heavy atom. The lowest BCUT2D eigenvalue weighted by atomic mass is 10.1. The second-order valence-corrected chi connectivity index (χ2v) is 10.2. The highest BCUT2D eigenvalue weighted by Crippen LogP contribution is 2.26. The molecule has 1 fully saturated rings. The van der Waals surface area contributed by atoms with Gasteiger partial charge in [-0.15, -0.1) is 11.3 Å². The summed E-state index contributed by atoms with van der Waals surface area (Å²) in [5.41, 5.74) is 3.08. The fourth-order valence-electron chi connectivity index (χ4n) is 4.13. The fourth-order valence-corrected chi connectivity index (χ4v) is 5.24. The van der Waals surface area contributed by atoms with E-state index in [9.17, 15) is 19.8 Å². The molecule has 9 heteroatoms. The summed E-state index contributed by atoms with van der Waals surface area (Å²) in [6.07, 6.45) is 1.01. The van der Waals surface area contributed by atoms with E-state index < -0.39 is 24.0 Å². The van der Waals surface area contributed by atoms with E-state index in [-0.39, 0.29) is 6.54 Å². The first kappa shape index (κ1) is 26.9. The molecule has 2 atom stereocenters. The number of piperazine rings is 1. The summed E-state index contributed by atoms with van der Waals surface area (Å²) in [5.74, 6) is -1.43. The van der Waals surface area contributed by atoms with Crippen LogP contribution < -0.4 is 10.2 Å². The van der Waals surface area contributed by atoms with Crippen LogP contribution in [0.25, 0.3) is 12.2 Å². The number of aliphatic hydroxyl groups is 2. The number of aliphatic hydroxyl groups excluding tert-OH is 2. The average Bonchev–Trinajstić information content (AvgIpc) is 3.39. The van der Waals surface area contributed by atoms with Crippen molar-refractivity contribution in [1.29, 1.82) is 0 Å². The van der Waals surface area contributed by atoms with Gasteiger partial charge in [-0.2, -0.15) is 0 Å². The molecule has 7 nitrogen and oxygen atoms in total. The molecule has 2 aromatic carbocycles. The Hall–Kier alpha value is -3.17. The van der Waals surface area contributed by atoms with E-state index in [0.29, 0.717) is 37.6 Å². The van der Waals surface area contributed by atoms with Crippen LogP contribution in [0.2, 0.25) is 5.02 Å². The molecule has 4 rings (SSSR count). The number of carbonyl (C=O) groups is 2. The minimum absolute atomic E-state index is 0.287. The second kappa shape index (κ2) is 12.9. The minimum atomic E-state index is -1.83. The van der Waals surface area contributed by atoms with Gasteiger partial charge in [0.25, 0.3) is 11.8 Å². The maximum absolute atomic E-state index is 12.7. The van der Waals surface area contributed by atoms with Crippen molar-refractivity contribution in [2.45, 2.75) is 18.6 Å². The molecule has 0 radical (unpaired) electrons. The molecule has 0 aliphatic carbocycles. The van der Waals surface area contributed by atoms with Crippen LogP contribution in [0.1, 0.15) is 16.0 Å². The van der Waals surface area contributed by atoms with Crippen molar-refractivity contribution < 1.29 is 19.8 Å². The molecule has 1 aliphatic rings. The monoisotopic (exact) mass is 539 g/mol. The molecule has 2 heterocycles. The van der Waals surface area contributed by atoms with E-state index in [2.05, 4.69) is 10.2 Å². The molecule has 2 amide bonds. The minimum Gasteiger partial charge on any atom is -0.380 e. The van der Waals surface area contributed by atoms with Gasteiger partial charge in [0.2, 0.25) is 0 Å². The zero-order chi connectivity index (χ0) is 26.2. The van der Waals surface area contributed by atoms with E-state index in [0.717, 1.165) is 21.7 Å². The number of hydrogen-bond donors (Lipinski definition) is 3. The number of anilines is 1. The summed E-state index contributed by atoms with van der Waals surface area (Å²) < 4.78 is 0. The number of rotatable bonds is 9. The predicted octanol–water partition coefficient (Wildman–Crippen LogP) is 3.30. The molecule has 37 heavy (non-hydrogen) atoms. The van der Waals surface area contributed by atoms with E-state index in [1.54, 1.807) is 11.3 Å². The number of nitrogens with zero attached hydrogens (tertiary/aromatic N) is 2. The Bertz CT molecular complexity index is 1220. The Kier molecular flexibility index (Phi) is 9.35. The van der Waals surface area contributed by atoms with Gasteiger partial charge in [0, 0.05) is 37.6 Å². The summed E-state index contributed by atoms with van der Waals surface area (Å²) in [6.45, 7) is 2.07. The van der Waals surface area contributed by atoms with Gasteiger partial charge in [-0.25, -0.2) is 0 Å². The lowest BCUT2D eigenvalue weighted by molar-refractivity contribution is -0.153. The normalized spacial score (nSPS) is 15.5. The molecular formula is C28H30ClN3O4S. The molecule has 1 aromatic heterocycles. The first-order chi connectivity index (χ1) is 17.9. The van der Waals surface area contributed by atoms with Crippen LogP contribution in [0.3, 0.4) is 0 Å². The lowest BCUT2D eigenvalue weighted by Gasteiger charge is -2.37. The highest BCUT2D eigenvalue weighted by molar-refractivity contribution is 7.10. The summed E-state index contributed by atoms with van der Waals surface area (Å²) >= 11 is 7.85. The largest absolute Gasteiger partial charge is 0.380 e. The molecule has 0 spiro atoms. The molecule has 1 aliphatic heterocycles. The number of hydrogen-bond acceptors (Lipinski definition) is 6. The first-order valence-corrected chi connectivity index (χ1v) is 13.4. The quantitative estimate of drug-likeness (QED) is 0.388. The van der Waals surface area contributed by atoms with Crippen LogP contribution in [0.15, 0.2) is 66.0 Å². The smallest absolute Gasteiger partial charge is 0.254 e. The SMILES string of the molecule is O=C(NCCc1cc(C=Cc2ccccc2)cs1)[C@H](O)[C@@H](O)C(=O)N1CCN(c2ccccc2Cl)CC1. The average molecular weight is 540 g/mol. The number of para-hydroxylation sites is 1. The highest BCUT2D eigenvalue weighted by Gasteiger charge is 2.34. The van der Waals surface area contributed by atoms with Crippen LogP contribution in [0.5, 0.6) is 0 Å². The highest BCUT2D eigenvalue weighted by atomic mass is 35.5. The number of nitrogens with one attached hydrogen (secondary N) is 1. The fraction of sp³-hybridized carbons (Fsp3) is 0.286. The maximum atomic E-state index is 12.7. The van der Waals surface area contributed by atoms with Gasteiger partial charge in [0.15, 0.2) is 12.2 Å². The van der Waals surface area contributed by atoms with E-state index in [1.807, 2.05) is 78.2 Å². The summed E-state index contributed by atoms with van der Waals surface area (Å²) in [6, 6.07) is 19.6. The van der Waals surface area contributed by atoms with Gasteiger partial charge in [0.1, 0.15) is 0 Å². The third-order valence-electron chi connectivity index (χ3n) is 6.22. The van der Waals surface area contributed by atoms with Crippen molar-refractivity contribution in [1.82, 2.24) is 10.2 Å². The van der Waals surface area contributed by atoms with Gasteiger partial charge in [0.05, 0.1) is 10.7 Å². The van der Waals surface area contributed by atoms with Crippen LogP contribution in [-0.4, -0.2) is 71.9 Å². The van der Waals surface area contributed by atoms with Crippen molar-refractivity contribution in [2.24, 2.45) is 0 Å². The Labute approximate surface area is 225 Å². The van der Waals surface area contributed by atoms with Gasteiger partial charge >= 0.3 is 0 Å². The third-order valence-corrected chi connectivity index (χ3v) is 7.55. The summed E-state index contributed by atoms with van der Waals surface area (Å²) in [4.78, 5) is 29.7. The standard InChI is InChI=1S/C28H30ClN3O4S/c29-23-8-4-5-9-24(23)31-14-16-32(17-15-31)28(36)26(34)25(33)27(35)30-13-12-22-18-21(19-37-22)11-10-20-6-2-1-3-7-20/h1-11,18-19,25-26,33-34H,12-17H2,(H,30,35)/t25-,26-/m1/s1. The van der Waals surface area contributed by atoms with Crippen molar-refractivity contribution in [3.05, 3.63) is 87.1 Å². The third kappa shape index (κ3) is 7.20. The Morgan fingerprint density at radius 1 is 0.946 bits per heavy atom. The molecule has 0 unspecified atom stereocenters. The topological polar surface area (TPSA) is 93.1 Å². The van der Waals surface area contributed by atoms with E-state index in [4.69, 9.17) is 11.6 Å². The van der Waals surface area contributed by atoms with E-state index in [1.165, 1.54) is 4.90 Å². The van der Waals surface area contributed by atoms with Crippen molar-refractivity contribution in [2.75, 3.05) is 37.6 Å². The zero-order valence-corrected chi connectivity index (χ0v) is 21.9. The maximum Gasteiger partial charge on any atom is 0.254 e. The number of amides is 2. The molecule has 3 aromatic rings. The number of benzene rings is 2. The van der Waals surface area contributed by atoms with Crippen LogP contribution in [0.4, 0.5) is 5.69 Å². The van der Waals surface area contributed by atoms with Gasteiger partial charge in [-0.05, 0) is 41.1 Å². The van der Waals surface area contributed by atoms with Crippen molar-refractivity contribution >= 4 is 52.6 Å². The molecule has 0 bridgehead atoms. The van der Waals surface area contributed by atoms with Crippen molar-refractivity contribution in [3.63, 3.8) is 0 Å². The molecular weight excluding hydrogens is 510 g/mol. The number of halogens is 1. The number of carbonyl (C=O) groups excluding carboxylic acids is 2. The first-order valence-electron chi connectivity index (χ1n) is 12.1. The van der Waals surface area contributed by atoms with Gasteiger partial charge in [-0.1, -0.05) is 66.2 Å².